The third-order valence-electron chi connectivity index (χ3n) is 2.20. The molecule has 2 N–H and O–H groups in total. The lowest BCUT2D eigenvalue weighted by Gasteiger charge is -2.30. The molecular weight excluding hydrogens is 192 g/mol. The van der Waals surface area contributed by atoms with E-state index < -0.39 is 5.60 Å². The summed E-state index contributed by atoms with van der Waals surface area (Å²) in [5.41, 5.74) is -0.828. The van der Waals surface area contributed by atoms with Crippen LogP contribution >= 0.6 is 0 Å². The Morgan fingerprint density at radius 1 is 1.53 bits per heavy atom. The van der Waals surface area contributed by atoms with Gasteiger partial charge in [-0.15, -0.1) is 0 Å². The van der Waals surface area contributed by atoms with Crippen molar-refractivity contribution in [2.75, 3.05) is 26.7 Å². The molecule has 0 aliphatic rings. The van der Waals surface area contributed by atoms with Crippen LogP contribution in [0, 0.1) is 5.92 Å². The molecule has 0 spiro atoms. The average Bonchev–Trinajstić information content (AvgIpc) is 2.12. The minimum Gasteiger partial charge on any atom is -0.389 e. The van der Waals surface area contributed by atoms with E-state index in [2.05, 4.69) is 5.32 Å². The van der Waals surface area contributed by atoms with Gasteiger partial charge in [-0.1, -0.05) is 6.92 Å². The normalized spacial score (nSPS) is 13.7. The fourth-order valence-corrected chi connectivity index (χ4v) is 1.52. The fraction of sp³-hybridized carbons (Fsp3) is 0.909. The lowest BCUT2D eigenvalue weighted by molar-refractivity contribution is -0.137. The number of nitrogens with zero attached hydrogens (tertiary/aromatic N) is 1. The number of carbonyl (C=O) groups excluding carboxylic acids is 1. The van der Waals surface area contributed by atoms with Crippen LogP contribution in [0.5, 0.6) is 0 Å². The van der Waals surface area contributed by atoms with Crippen LogP contribution in [0.2, 0.25) is 0 Å². The Kier molecular flexibility index (Phi) is 5.83. The van der Waals surface area contributed by atoms with Gasteiger partial charge in [0, 0.05) is 25.6 Å². The lowest BCUT2D eigenvalue weighted by atomic mass is 10.1. The highest BCUT2D eigenvalue weighted by Crippen LogP contribution is 2.08. The van der Waals surface area contributed by atoms with Gasteiger partial charge in [-0.05, 0) is 27.8 Å². The Bertz CT molecular complexity index is 199. The summed E-state index contributed by atoms with van der Waals surface area (Å²) in [6.07, 6.45) is 0. The van der Waals surface area contributed by atoms with Crippen molar-refractivity contribution in [1.29, 1.82) is 0 Å². The van der Waals surface area contributed by atoms with Gasteiger partial charge in [0.25, 0.3) is 0 Å². The molecule has 0 fully saturated rings. The van der Waals surface area contributed by atoms with Crippen LogP contribution in [0.4, 0.5) is 0 Å². The predicted molar refractivity (Wildman–Crippen MR) is 61.6 cm³/mol. The second kappa shape index (κ2) is 6.08. The third kappa shape index (κ3) is 5.74. The molecule has 0 saturated heterocycles. The molecule has 0 radical (unpaired) electrons. The zero-order valence-corrected chi connectivity index (χ0v) is 10.5. The van der Waals surface area contributed by atoms with Crippen LogP contribution in [0.1, 0.15) is 27.7 Å². The van der Waals surface area contributed by atoms with E-state index >= 15 is 0 Å². The van der Waals surface area contributed by atoms with Gasteiger partial charge in [-0.2, -0.15) is 0 Å². The van der Waals surface area contributed by atoms with E-state index in [1.54, 1.807) is 18.7 Å². The first-order valence-corrected chi connectivity index (χ1v) is 5.47. The Hall–Kier alpha value is -0.610. The van der Waals surface area contributed by atoms with Crippen LogP contribution in [-0.4, -0.2) is 48.2 Å². The number of nitrogens with one attached hydrogen (secondary N) is 1. The third-order valence-corrected chi connectivity index (χ3v) is 2.20. The largest absolute Gasteiger partial charge is 0.389 e. The summed E-state index contributed by atoms with van der Waals surface area (Å²) in [5.74, 6) is 0.0475. The second-order valence-electron chi connectivity index (χ2n) is 4.62. The number of hydrogen-bond donors (Lipinski definition) is 2. The van der Waals surface area contributed by atoms with E-state index in [-0.39, 0.29) is 11.8 Å². The maximum atomic E-state index is 11.9. The number of carbonyl (C=O) groups is 1. The molecule has 15 heavy (non-hydrogen) atoms. The molecule has 0 bridgehead atoms. The summed E-state index contributed by atoms with van der Waals surface area (Å²) >= 11 is 0. The van der Waals surface area contributed by atoms with E-state index in [1.807, 2.05) is 20.9 Å². The lowest BCUT2D eigenvalue weighted by Crippen LogP contribution is -2.45. The van der Waals surface area contributed by atoms with Crippen LogP contribution in [0.15, 0.2) is 0 Å². The number of aliphatic hydroxyl groups is 1. The molecule has 0 heterocycles. The highest BCUT2D eigenvalue weighted by Gasteiger charge is 2.24. The fourth-order valence-electron chi connectivity index (χ4n) is 1.52. The Balaban J connectivity index is 4.34. The number of amides is 1. The molecule has 4 nitrogen and oxygen atoms in total. The van der Waals surface area contributed by atoms with E-state index in [9.17, 15) is 9.90 Å². The van der Waals surface area contributed by atoms with Crippen molar-refractivity contribution in [2.24, 2.45) is 5.92 Å². The van der Waals surface area contributed by atoms with Gasteiger partial charge in [-0.25, -0.2) is 0 Å². The summed E-state index contributed by atoms with van der Waals surface area (Å²) in [6.45, 7) is 8.94. The van der Waals surface area contributed by atoms with E-state index in [0.29, 0.717) is 19.6 Å². The monoisotopic (exact) mass is 216 g/mol. The molecule has 0 saturated carbocycles. The number of rotatable bonds is 6. The summed E-state index contributed by atoms with van der Waals surface area (Å²) in [6, 6.07) is 0. The molecule has 0 aliphatic heterocycles. The maximum Gasteiger partial charge on any atom is 0.226 e. The quantitative estimate of drug-likeness (QED) is 0.678. The highest BCUT2D eigenvalue weighted by molar-refractivity contribution is 5.78. The molecule has 1 amide bonds. The smallest absolute Gasteiger partial charge is 0.226 e. The molecule has 0 aromatic carbocycles. The Morgan fingerprint density at radius 3 is 2.40 bits per heavy atom. The molecule has 0 rings (SSSR count). The van der Waals surface area contributed by atoms with Crippen molar-refractivity contribution in [3.8, 4) is 0 Å². The van der Waals surface area contributed by atoms with Crippen molar-refractivity contribution in [2.45, 2.75) is 33.3 Å². The summed E-state index contributed by atoms with van der Waals surface area (Å²) in [5, 5.41) is 12.7. The van der Waals surface area contributed by atoms with Crippen molar-refractivity contribution < 1.29 is 9.90 Å². The highest BCUT2D eigenvalue weighted by atomic mass is 16.3. The topological polar surface area (TPSA) is 52.6 Å². The first-order chi connectivity index (χ1) is 6.81. The molecule has 1 unspecified atom stereocenters. The first kappa shape index (κ1) is 14.4. The van der Waals surface area contributed by atoms with Crippen molar-refractivity contribution in [3.63, 3.8) is 0 Å². The van der Waals surface area contributed by atoms with Gasteiger partial charge in [0.2, 0.25) is 5.91 Å². The SMILES string of the molecule is CCN(CC(C)(C)O)C(=O)C(C)CNC. The van der Waals surface area contributed by atoms with Crippen LogP contribution in [0.25, 0.3) is 0 Å². The molecule has 0 aliphatic carbocycles. The number of likely N-dealkylation sites (N-methyl/N-ethyl adjacent to an activating group) is 1. The van der Waals surface area contributed by atoms with Crippen molar-refractivity contribution in [1.82, 2.24) is 10.2 Å². The van der Waals surface area contributed by atoms with Crippen LogP contribution in [0.3, 0.4) is 0 Å². The van der Waals surface area contributed by atoms with E-state index in [4.69, 9.17) is 0 Å². The van der Waals surface area contributed by atoms with Gasteiger partial charge in [0.05, 0.1) is 5.60 Å². The number of hydrogen-bond acceptors (Lipinski definition) is 3. The Labute approximate surface area is 92.7 Å². The molecule has 1 atom stereocenters. The predicted octanol–water partition coefficient (Wildman–Crippen LogP) is 0.461. The Morgan fingerprint density at radius 2 is 2.07 bits per heavy atom. The zero-order chi connectivity index (χ0) is 12.1. The molecule has 0 aromatic rings. The van der Waals surface area contributed by atoms with Crippen molar-refractivity contribution in [3.05, 3.63) is 0 Å². The first-order valence-electron chi connectivity index (χ1n) is 5.47. The molecule has 0 aromatic heterocycles. The summed E-state index contributed by atoms with van der Waals surface area (Å²) < 4.78 is 0. The molecule has 90 valence electrons. The van der Waals surface area contributed by atoms with Crippen LogP contribution in [-0.2, 0) is 4.79 Å². The van der Waals surface area contributed by atoms with Crippen LogP contribution < -0.4 is 5.32 Å². The van der Waals surface area contributed by atoms with Crippen molar-refractivity contribution >= 4 is 5.91 Å². The molecule has 4 heteroatoms. The van der Waals surface area contributed by atoms with Gasteiger partial charge >= 0.3 is 0 Å². The standard InChI is InChI=1S/C11H24N2O2/c1-6-13(8-11(3,4)15)10(14)9(2)7-12-5/h9,12,15H,6-8H2,1-5H3. The van der Waals surface area contributed by atoms with Gasteiger partial charge in [0.15, 0.2) is 0 Å². The minimum absolute atomic E-state index is 0.0442. The second-order valence-corrected chi connectivity index (χ2v) is 4.62. The van der Waals surface area contributed by atoms with Gasteiger partial charge < -0.3 is 15.3 Å². The van der Waals surface area contributed by atoms with E-state index in [0.717, 1.165) is 0 Å². The minimum atomic E-state index is -0.828. The molecular formula is C11H24N2O2. The summed E-state index contributed by atoms with van der Waals surface area (Å²) in [7, 11) is 1.83. The maximum absolute atomic E-state index is 11.9. The average molecular weight is 216 g/mol. The van der Waals surface area contributed by atoms with E-state index in [1.165, 1.54) is 0 Å². The van der Waals surface area contributed by atoms with Gasteiger partial charge in [0.1, 0.15) is 0 Å². The van der Waals surface area contributed by atoms with Gasteiger partial charge in [-0.3, -0.25) is 4.79 Å². The zero-order valence-electron chi connectivity index (χ0n) is 10.5. The summed E-state index contributed by atoms with van der Waals surface area (Å²) in [4.78, 5) is 13.6.